The van der Waals surface area contributed by atoms with Gasteiger partial charge in [0.2, 0.25) is 11.8 Å². The van der Waals surface area contributed by atoms with Crippen LogP contribution in [0.5, 0.6) is 0 Å². The lowest BCUT2D eigenvalue weighted by Gasteiger charge is -2.31. The van der Waals surface area contributed by atoms with Crippen LogP contribution in [0.2, 0.25) is 0 Å². The number of amides is 2. The highest BCUT2D eigenvalue weighted by Crippen LogP contribution is 2.34. The van der Waals surface area contributed by atoms with Crippen LogP contribution < -0.4 is 5.32 Å². The second-order valence-electron chi connectivity index (χ2n) is 6.63. The molecule has 1 aromatic rings. The molecule has 0 aliphatic carbocycles. The Labute approximate surface area is 142 Å². The second kappa shape index (κ2) is 7.90. The lowest BCUT2D eigenvalue weighted by Crippen LogP contribution is -2.51. The predicted molar refractivity (Wildman–Crippen MR) is 91.7 cm³/mol. The zero-order valence-corrected chi connectivity index (χ0v) is 15.1. The monoisotopic (exact) mass is 338 g/mol. The maximum Gasteiger partial charge on any atom is 0.244 e. The topological polar surface area (TPSA) is 62.6 Å². The summed E-state index contributed by atoms with van der Waals surface area (Å²) in [4.78, 5) is 26.9. The van der Waals surface area contributed by atoms with Crippen LogP contribution in [0.15, 0.2) is 22.8 Å². The lowest BCUT2D eigenvalue weighted by atomic mass is 10.1. The van der Waals surface area contributed by atoms with Crippen LogP contribution >= 0.6 is 11.8 Å². The molecule has 6 heteroatoms. The van der Waals surface area contributed by atoms with E-state index < -0.39 is 6.04 Å². The molecule has 0 saturated carbocycles. The molecule has 0 bridgehead atoms. The van der Waals surface area contributed by atoms with Gasteiger partial charge >= 0.3 is 0 Å². The smallest absolute Gasteiger partial charge is 0.244 e. The van der Waals surface area contributed by atoms with Crippen LogP contribution in [0.1, 0.15) is 39.9 Å². The number of nitrogens with zero attached hydrogens (tertiary/aromatic N) is 1. The zero-order valence-electron chi connectivity index (χ0n) is 14.2. The molecule has 1 aliphatic rings. The van der Waals surface area contributed by atoms with E-state index in [1.165, 1.54) is 0 Å². The minimum atomic E-state index is -0.395. The summed E-state index contributed by atoms with van der Waals surface area (Å²) in [6.07, 6.45) is 2.49. The van der Waals surface area contributed by atoms with Crippen LogP contribution in [-0.2, 0) is 16.1 Å². The van der Waals surface area contributed by atoms with Crippen molar-refractivity contribution < 1.29 is 14.0 Å². The fourth-order valence-corrected chi connectivity index (χ4v) is 4.30. The van der Waals surface area contributed by atoms with E-state index in [1.807, 2.05) is 19.9 Å². The number of carbonyl (C=O) groups excluding carboxylic acids is 2. The summed E-state index contributed by atoms with van der Waals surface area (Å²) in [5.74, 6) is 1.70. The van der Waals surface area contributed by atoms with Gasteiger partial charge in [-0.05, 0) is 24.5 Å². The van der Waals surface area contributed by atoms with Gasteiger partial charge in [0.05, 0.1) is 18.2 Å². The van der Waals surface area contributed by atoms with Crippen molar-refractivity contribution in [3.05, 3.63) is 24.2 Å². The first-order valence-electron chi connectivity index (χ1n) is 8.14. The number of carbonyl (C=O) groups is 2. The van der Waals surface area contributed by atoms with Gasteiger partial charge in [-0.2, -0.15) is 0 Å². The third-order valence-electron chi connectivity index (χ3n) is 3.83. The number of thioether (sulfide) groups is 1. The van der Waals surface area contributed by atoms with Crippen molar-refractivity contribution in [3.63, 3.8) is 0 Å². The Morgan fingerprint density at radius 3 is 2.70 bits per heavy atom. The highest BCUT2D eigenvalue weighted by molar-refractivity contribution is 8.00. The summed E-state index contributed by atoms with van der Waals surface area (Å²) in [5, 5.41) is 2.97. The van der Waals surface area contributed by atoms with Crippen molar-refractivity contribution in [2.75, 3.05) is 5.75 Å². The van der Waals surface area contributed by atoms with Gasteiger partial charge in [0.1, 0.15) is 11.8 Å². The highest BCUT2D eigenvalue weighted by Gasteiger charge is 2.42. The van der Waals surface area contributed by atoms with E-state index in [2.05, 4.69) is 19.2 Å². The summed E-state index contributed by atoms with van der Waals surface area (Å²) in [5.41, 5.74) is 0. The Morgan fingerprint density at radius 2 is 2.13 bits per heavy atom. The molecule has 0 spiro atoms. The molecule has 1 aromatic heterocycles. The van der Waals surface area contributed by atoms with Crippen molar-refractivity contribution in [2.24, 2.45) is 11.8 Å². The molecule has 5 nitrogen and oxygen atoms in total. The molecule has 128 valence electrons. The fourth-order valence-electron chi connectivity index (χ4n) is 2.65. The summed E-state index contributed by atoms with van der Waals surface area (Å²) < 4.78 is 5.23. The molecular formula is C17H26N2O3S. The Hall–Kier alpha value is -1.43. The molecule has 2 rings (SSSR count). The molecule has 2 atom stereocenters. The summed E-state index contributed by atoms with van der Waals surface area (Å²) in [7, 11) is 0. The van der Waals surface area contributed by atoms with Gasteiger partial charge in [0.25, 0.3) is 0 Å². The quantitative estimate of drug-likeness (QED) is 0.866. The summed E-state index contributed by atoms with van der Waals surface area (Å²) in [6.45, 7) is 8.41. The van der Waals surface area contributed by atoms with Crippen molar-refractivity contribution in [3.8, 4) is 0 Å². The van der Waals surface area contributed by atoms with Gasteiger partial charge in [0.15, 0.2) is 0 Å². The Balaban J connectivity index is 2.05. The van der Waals surface area contributed by atoms with E-state index in [-0.39, 0.29) is 23.1 Å². The van der Waals surface area contributed by atoms with E-state index in [0.29, 0.717) is 24.0 Å². The SMILES string of the molecule is CC(C)CC1SCC(C(=O)NCc2ccco2)N1C(=O)C(C)C. The predicted octanol–water partition coefficient (Wildman–Crippen LogP) is 2.87. The molecule has 1 aliphatic heterocycles. The first-order valence-corrected chi connectivity index (χ1v) is 9.19. The van der Waals surface area contributed by atoms with E-state index in [1.54, 1.807) is 29.0 Å². The molecule has 0 aromatic carbocycles. The summed E-state index contributed by atoms with van der Waals surface area (Å²) in [6, 6.07) is 3.22. The van der Waals surface area contributed by atoms with Crippen molar-refractivity contribution in [2.45, 2.75) is 52.1 Å². The fraction of sp³-hybridized carbons (Fsp3) is 0.647. The Bertz CT molecular complexity index is 528. The standard InChI is InChI=1S/C17H26N2O3S/c1-11(2)8-15-19(17(21)12(3)4)14(10-23-15)16(20)18-9-13-6-5-7-22-13/h5-7,11-12,14-15H,8-10H2,1-4H3,(H,18,20). The molecular weight excluding hydrogens is 312 g/mol. The van der Waals surface area contributed by atoms with Crippen molar-refractivity contribution in [1.82, 2.24) is 10.2 Å². The average molecular weight is 338 g/mol. The number of rotatable bonds is 6. The molecule has 0 radical (unpaired) electrons. The van der Waals surface area contributed by atoms with Crippen molar-refractivity contribution >= 4 is 23.6 Å². The first kappa shape index (κ1) is 17.9. The molecule has 23 heavy (non-hydrogen) atoms. The van der Waals surface area contributed by atoms with E-state index in [9.17, 15) is 9.59 Å². The summed E-state index contributed by atoms with van der Waals surface area (Å²) >= 11 is 1.71. The zero-order chi connectivity index (χ0) is 17.0. The minimum absolute atomic E-state index is 0.0544. The Morgan fingerprint density at radius 1 is 1.39 bits per heavy atom. The van der Waals surface area contributed by atoms with Crippen LogP contribution in [0.3, 0.4) is 0 Å². The van der Waals surface area contributed by atoms with Gasteiger partial charge in [-0.1, -0.05) is 27.7 Å². The third-order valence-corrected chi connectivity index (χ3v) is 5.15. The largest absolute Gasteiger partial charge is 0.467 e. The van der Waals surface area contributed by atoms with E-state index in [0.717, 1.165) is 6.42 Å². The minimum Gasteiger partial charge on any atom is -0.467 e. The van der Waals surface area contributed by atoms with Gasteiger partial charge in [-0.15, -0.1) is 11.8 Å². The molecule has 1 fully saturated rings. The Kier molecular flexibility index (Phi) is 6.16. The van der Waals surface area contributed by atoms with Gasteiger partial charge < -0.3 is 14.6 Å². The number of furan rings is 1. The number of hydrogen-bond acceptors (Lipinski definition) is 4. The lowest BCUT2D eigenvalue weighted by molar-refractivity contribution is -0.142. The average Bonchev–Trinajstić information content (AvgIpc) is 3.12. The van der Waals surface area contributed by atoms with E-state index >= 15 is 0 Å². The number of hydrogen-bond donors (Lipinski definition) is 1. The first-order chi connectivity index (χ1) is 10.9. The van der Waals surface area contributed by atoms with Gasteiger partial charge in [-0.25, -0.2) is 0 Å². The third kappa shape index (κ3) is 4.53. The normalized spacial score (nSPS) is 21.2. The second-order valence-corrected chi connectivity index (χ2v) is 7.84. The maximum atomic E-state index is 12.6. The van der Waals surface area contributed by atoms with Gasteiger partial charge in [-0.3, -0.25) is 9.59 Å². The van der Waals surface area contributed by atoms with Crippen LogP contribution in [0.4, 0.5) is 0 Å². The van der Waals surface area contributed by atoms with Gasteiger partial charge in [0, 0.05) is 11.7 Å². The number of nitrogens with one attached hydrogen (secondary N) is 1. The van der Waals surface area contributed by atoms with Crippen molar-refractivity contribution in [1.29, 1.82) is 0 Å². The highest BCUT2D eigenvalue weighted by atomic mass is 32.2. The molecule has 1 saturated heterocycles. The maximum absolute atomic E-state index is 12.6. The molecule has 2 heterocycles. The van der Waals surface area contributed by atoms with E-state index in [4.69, 9.17) is 4.42 Å². The van der Waals surface area contributed by atoms with Crippen LogP contribution in [0.25, 0.3) is 0 Å². The molecule has 2 unspecified atom stereocenters. The molecule has 2 amide bonds. The van der Waals surface area contributed by atoms with Crippen LogP contribution in [-0.4, -0.2) is 33.9 Å². The van der Waals surface area contributed by atoms with Crippen LogP contribution in [0, 0.1) is 11.8 Å². The molecule has 1 N–H and O–H groups in total.